The standard InChI is InChI=1S/C22H18FN3O4/c23-18-5-2-4-17(13-18)22(28)25-19-6-1-3-16(11-19)14-24-21(27)12-15-7-9-20(10-8-15)26(29)30/h1-11,13H,12,14H2,(H,24,27)(H,25,28). The Morgan fingerprint density at radius 2 is 1.67 bits per heavy atom. The first-order valence-corrected chi connectivity index (χ1v) is 9.06. The maximum absolute atomic E-state index is 13.3. The Kier molecular flexibility index (Phi) is 6.49. The van der Waals surface area contributed by atoms with Crippen LogP contribution in [0, 0.1) is 15.9 Å². The van der Waals surface area contributed by atoms with E-state index in [-0.39, 0.29) is 30.1 Å². The third kappa shape index (κ3) is 5.71. The fourth-order valence-corrected chi connectivity index (χ4v) is 2.78. The van der Waals surface area contributed by atoms with E-state index in [1.54, 1.807) is 36.4 Å². The monoisotopic (exact) mass is 407 g/mol. The Morgan fingerprint density at radius 3 is 2.37 bits per heavy atom. The van der Waals surface area contributed by atoms with E-state index in [0.29, 0.717) is 11.3 Å². The van der Waals surface area contributed by atoms with Crippen LogP contribution in [-0.2, 0) is 17.8 Å². The van der Waals surface area contributed by atoms with Gasteiger partial charge in [-0.1, -0.05) is 30.3 Å². The van der Waals surface area contributed by atoms with E-state index < -0.39 is 16.6 Å². The Hall–Kier alpha value is -4.07. The summed E-state index contributed by atoms with van der Waals surface area (Å²) in [5.41, 5.74) is 2.12. The van der Waals surface area contributed by atoms with E-state index >= 15 is 0 Å². The molecule has 3 aromatic rings. The Labute approximate surface area is 171 Å². The second-order valence-electron chi connectivity index (χ2n) is 6.54. The van der Waals surface area contributed by atoms with E-state index in [9.17, 15) is 24.1 Å². The molecule has 8 heteroatoms. The van der Waals surface area contributed by atoms with Crippen molar-refractivity contribution in [3.8, 4) is 0 Å². The number of nitrogens with one attached hydrogen (secondary N) is 2. The highest BCUT2D eigenvalue weighted by molar-refractivity contribution is 6.04. The molecule has 0 radical (unpaired) electrons. The number of rotatable bonds is 7. The first kappa shape index (κ1) is 20.7. The second-order valence-corrected chi connectivity index (χ2v) is 6.54. The largest absolute Gasteiger partial charge is 0.352 e. The number of nitro benzene ring substituents is 1. The van der Waals surface area contributed by atoms with Crippen LogP contribution in [0.5, 0.6) is 0 Å². The molecule has 0 saturated carbocycles. The molecule has 0 atom stereocenters. The number of hydrogen-bond donors (Lipinski definition) is 2. The van der Waals surface area contributed by atoms with Gasteiger partial charge in [-0.3, -0.25) is 19.7 Å². The van der Waals surface area contributed by atoms with Crippen molar-refractivity contribution in [3.05, 3.63) is 105 Å². The van der Waals surface area contributed by atoms with Crippen molar-refractivity contribution >= 4 is 23.2 Å². The Bertz CT molecular complexity index is 1080. The second kappa shape index (κ2) is 9.42. The minimum Gasteiger partial charge on any atom is -0.352 e. The molecule has 2 N–H and O–H groups in total. The van der Waals surface area contributed by atoms with Crippen LogP contribution in [-0.4, -0.2) is 16.7 Å². The third-order valence-corrected chi connectivity index (χ3v) is 4.27. The average molecular weight is 407 g/mol. The SMILES string of the molecule is O=C(Cc1ccc([N+](=O)[O-])cc1)NCc1cccc(NC(=O)c2cccc(F)c2)c1. The van der Waals surface area contributed by atoms with Crippen LogP contribution in [0.2, 0.25) is 0 Å². The predicted octanol–water partition coefficient (Wildman–Crippen LogP) is 3.85. The lowest BCUT2D eigenvalue weighted by Gasteiger charge is -2.09. The van der Waals surface area contributed by atoms with Gasteiger partial charge in [-0.2, -0.15) is 0 Å². The average Bonchev–Trinajstić information content (AvgIpc) is 2.73. The van der Waals surface area contributed by atoms with Crippen LogP contribution in [0.1, 0.15) is 21.5 Å². The number of carbonyl (C=O) groups is 2. The summed E-state index contributed by atoms with van der Waals surface area (Å²) < 4.78 is 13.3. The van der Waals surface area contributed by atoms with Crippen LogP contribution >= 0.6 is 0 Å². The number of anilines is 1. The number of hydrogen-bond acceptors (Lipinski definition) is 4. The van der Waals surface area contributed by atoms with Crippen molar-refractivity contribution in [2.75, 3.05) is 5.32 Å². The molecule has 2 amide bonds. The first-order chi connectivity index (χ1) is 14.4. The van der Waals surface area contributed by atoms with Gasteiger partial charge in [0, 0.05) is 29.9 Å². The molecule has 0 aliphatic heterocycles. The highest BCUT2D eigenvalue weighted by Gasteiger charge is 2.09. The van der Waals surface area contributed by atoms with Crippen molar-refractivity contribution in [2.45, 2.75) is 13.0 Å². The molecule has 7 nitrogen and oxygen atoms in total. The van der Waals surface area contributed by atoms with E-state index in [2.05, 4.69) is 10.6 Å². The molecule has 0 saturated heterocycles. The number of carbonyl (C=O) groups excluding carboxylic acids is 2. The highest BCUT2D eigenvalue weighted by Crippen LogP contribution is 2.14. The van der Waals surface area contributed by atoms with E-state index in [1.165, 1.54) is 30.3 Å². The van der Waals surface area contributed by atoms with Crippen molar-refractivity contribution in [3.63, 3.8) is 0 Å². The van der Waals surface area contributed by atoms with Crippen molar-refractivity contribution in [1.82, 2.24) is 5.32 Å². The van der Waals surface area contributed by atoms with Crippen LogP contribution in [0.25, 0.3) is 0 Å². The lowest BCUT2D eigenvalue weighted by Crippen LogP contribution is -2.24. The number of benzene rings is 3. The topological polar surface area (TPSA) is 101 Å². The van der Waals surface area contributed by atoms with Crippen LogP contribution < -0.4 is 10.6 Å². The summed E-state index contributed by atoms with van der Waals surface area (Å²) in [6.07, 6.45) is 0.0913. The van der Waals surface area contributed by atoms with Gasteiger partial charge >= 0.3 is 0 Å². The quantitative estimate of drug-likeness (QED) is 0.459. The molecule has 0 spiro atoms. The van der Waals surface area contributed by atoms with Gasteiger partial charge in [0.25, 0.3) is 11.6 Å². The molecule has 0 aliphatic carbocycles. The van der Waals surface area contributed by atoms with E-state index in [0.717, 1.165) is 11.6 Å². The zero-order chi connectivity index (χ0) is 21.5. The van der Waals surface area contributed by atoms with Gasteiger partial charge in [0.2, 0.25) is 5.91 Å². The molecule has 0 aromatic heterocycles. The molecule has 0 heterocycles. The Morgan fingerprint density at radius 1 is 0.933 bits per heavy atom. The van der Waals surface area contributed by atoms with E-state index in [1.807, 2.05) is 0 Å². The lowest BCUT2D eigenvalue weighted by atomic mass is 10.1. The summed E-state index contributed by atoms with van der Waals surface area (Å²) in [7, 11) is 0. The smallest absolute Gasteiger partial charge is 0.269 e. The van der Waals surface area contributed by atoms with Crippen molar-refractivity contribution in [2.24, 2.45) is 0 Å². The van der Waals surface area contributed by atoms with Gasteiger partial charge in [0.05, 0.1) is 11.3 Å². The fourth-order valence-electron chi connectivity index (χ4n) is 2.78. The van der Waals surface area contributed by atoms with Gasteiger partial charge in [-0.25, -0.2) is 4.39 Å². The zero-order valence-corrected chi connectivity index (χ0v) is 15.8. The maximum Gasteiger partial charge on any atom is 0.269 e. The molecule has 0 bridgehead atoms. The summed E-state index contributed by atoms with van der Waals surface area (Å²) in [6.45, 7) is 0.246. The normalized spacial score (nSPS) is 10.3. The summed E-state index contributed by atoms with van der Waals surface area (Å²) in [5, 5.41) is 16.1. The number of nitro groups is 1. The molecule has 152 valence electrons. The number of halogens is 1. The highest BCUT2D eigenvalue weighted by atomic mass is 19.1. The number of non-ortho nitro benzene ring substituents is 1. The van der Waals surface area contributed by atoms with E-state index in [4.69, 9.17) is 0 Å². The lowest BCUT2D eigenvalue weighted by molar-refractivity contribution is -0.384. The third-order valence-electron chi connectivity index (χ3n) is 4.27. The van der Waals surface area contributed by atoms with Gasteiger partial charge < -0.3 is 10.6 Å². The minimum atomic E-state index is -0.496. The molecule has 0 aliphatic rings. The van der Waals surface area contributed by atoms with Gasteiger partial charge in [-0.15, -0.1) is 0 Å². The molecular weight excluding hydrogens is 389 g/mol. The van der Waals surface area contributed by atoms with Gasteiger partial charge in [-0.05, 0) is 41.5 Å². The molecule has 3 aromatic carbocycles. The molecule has 0 unspecified atom stereocenters. The molecule has 30 heavy (non-hydrogen) atoms. The minimum absolute atomic E-state index is 0.0312. The molecule has 3 rings (SSSR count). The van der Waals surface area contributed by atoms with Crippen LogP contribution in [0.3, 0.4) is 0 Å². The number of amides is 2. The first-order valence-electron chi connectivity index (χ1n) is 9.06. The predicted molar refractivity (Wildman–Crippen MR) is 109 cm³/mol. The number of nitrogens with zero attached hydrogens (tertiary/aromatic N) is 1. The summed E-state index contributed by atoms with van der Waals surface area (Å²) in [6, 6.07) is 18.1. The van der Waals surface area contributed by atoms with Crippen molar-refractivity contribution in [1.29, 1.82) is 0 Å². The van der Waals surface area contributed by atoms with Gasteiger partial charge in [0.1, 0.15) is 5.82 Å². The molecular formula is C22H18FN3O4. The van der Waals surface area contributed by atoms with Crippen LogP contribution in [0.4, 0.5) is 15.8 Å². The summed E-state index contributed by atoms with van der Waals surface area (Å²) in [5.74, 6) is -1.17. The fraction of sp³-hybridized carbons (Fsp3) is 0.0909. The maximum atomic E-state index is 13.3. The van der Waals surface area contributed by atoms with Gasteiger partial charge in [0.15, 0.2) is 0 Å². The molecule has 0 fully saturated rings. The zero-order valence-electron chi connectivity index (χ0n) is 15.8. The Balaban J connectivity index is 1.55. The van der Waals surface area contributed by atoms with Crippen molar-refractivity contribution < 1.29 is 18.9 Å². The summed E-state index contributed by atoms with van der Waals surface area (Å²) >= 11 is 0. The summed E-state index contributed by atoms with van der Waals surface area (Å²) in [4.78, 5) is 34.5. The van der Waals surface area contributed by atoms with Crippen LogP contribution in [0.15, 0.2) is 72.8 Å².